The third kappa shape index (κ3) is 1.64. The van der Waals surface area contributed by atoms with Gasteiger partial charge in [0.1, 0.15) is 18.0 Å². The monoisotopic (exact) mass is 245 g/mol. The van der Waals surface area contributed by atoms with Gasteiger partial charge in [-0.15, -0.1) is 5.10 Å². The van der Waals surface area contributed by atoms with Gasteiger partial charge in [0.2, 0.25) is 0 Å². The molecule has 70 valence electrons. The Labute approximate surface area is 83.2 Å². The van der Waals surface area contributed by atoms with Crippen molar-refractivity contribution < 1.29 is 9.53 Å². The summed E-state index contributed by atoms with van der Waals surface area (Å²) in [6.07, 6.45) is 1.12. The lowest BCUT2D eigenvalue weighted by atomic mass is 10.3. The van der Waals surface area contributed by atoms with Gasteiger partial charge >= 0.3 is 0 Å². The predicted molar refractivity (Wildman–Crippen MR) is 47.3 cm³/mol. The topological polar surface area (TPSA) is 57.0 Å². The number of hydrogen-bond acceptors (Lipinski definition) is 4. The minimum Gasteiger partial charge on any atom is -0.377 e. The maximum absolute atomic E-state index is 10.3. The highest BCUT2D eigenvalue weighted by molar-refractivity contribution is 9.10. The van der Waals surface area contributed by atoms with Gasteiger partial charge in [0.25, 0.3) is 0 Å². The number of rotatable bonds is 3. The van der Waals surface area contributed by atoms with E-state index in [1.54, 1.807) is 4.80 Å². The van der Waals surface area contributed by atoms with Crippen LogP contribution < -0.4 is 0 Å². The van der Waals surface area contributed by atoms with Crippen molar-refractivity contribution in [2.75, 3.05) is 13.2 Å². The van der Waals surface area contributed by atoms with Crippen LogP contribution in [0, 0.1) is 0 Å². The van der Waals surface area contributed by atoms with Crippen LogP contribution in [-0.2, 0) is 16.0 Å². The fourth-order valence-corrected chi connectivity index (χ4v) is 1.46. The largest absolute Gasteiger partial charge is 0.377 e. The molecule has 1 fully saturated rings. The Morgan fingerprint density at radius 3 is 2.92 bits per heavy atom. The Balaban J connectivity index is 2.18. The zero-order valence-corrected chi connectivity index (χ0v) is 8.40. The summed E-state index contributed by atoms with van der Waals surface area (Å²) in [5, 5.41) is 8.30. The first-order valence-electron chi connectivity index (χ1n) is 3.94. The van der Waals surface area contributed by atoms with Crippen molar-refractivity contribution in [3.8, 4) is 0 Å². The van der Waals surface area contributed by atoms with E-state index in [2.05, 4.69) is 26.1 Å². The van der Waals surface area contributed by atoms with E-state index in [0.29, 0.717) is 29.9 Å². The third-order valence-corrected chi connectivity index (χ3v) is 2.49. The molecule has 1 aromatic rings. The van der Waals surface area contributed by atoms with Gasteiger partial charge < -0.3 is 9.53 Å². The second-order valence-electron chi connectivity index (χ2n) is 2.82. The van der Waals surface area contributed by atoms with Crippen molar-refractivity contribution in [2.45, 2.75) is 12.5 Å². The standard InChI is InChI=1S/C7H8BrN3O2/c8-7-6(1-2-12)9-11(10-7)5-3-13-4-5/h2,5H,1,3-4H2. The second-order valence-corrected chi connectivity index (χ2v) is 3.57. The number of carbonyl (C=O) groups excluding carboxylic acids is 1. The molecule has 0 radical (unpaired) electrons. The van der Waals surface area contributed by atoms with Crippen LogP contribution in [0.2, 0.25) is 0 Å². The molecule has 0 amide bonds. The molecule has 0 spiro atoms. The number of halogens is 1. The predicted octanol–water partition coefficient (Wildman–Crippen LogP) is 0.353. The molecule has 1 aliphatic heterocycles. The number of aldehydes is 1. The zero-order valence-electron chi connectivity index (χ0n) is 6.81. The fraction of sp³-hybridized carbons (Fsp3) is 0.571. The van der Waals surface area contributed by atoms with Crippen molar-refractivity contribution in [3.05, 3.63) is 10.3 Å². The van der Waals surface area contributed by atoms with E-state index in [9.17, 15) is 4.79 Å². The molecule has 1 aromatic heterocycles. The maximum Gasteiger partial charge on any atom is 0.152 e. The maximum atomic E-state index is 10.3. The average molecular weight is 246 g/mol. The summed E-state index contributed by atoms with van der Waals surface area (Å²) < 4.78 is 5.66. The van der Waals surface area contributed by atoms with Crippen LogP contribution in [0.1, 0.15) is 11.7 Å². The van der Waals surface area contributed by atoms with Crippen LogP contribution in [0.5, 0.6) is 0 Å². The van der Waals surface area contributed by atoms with Crippen molar-refractivity contribution in [1.82, 2.24) is 15.0 Å². The SMILES string of the molecule is O=CCc1nn(C2COC2)nc1Br. The van der Waals surface area contributed by atoms with Gasteiger partial charge in [0, 0.05) is 0 Å². The first-order chi connectivity index (χ1) is 6.31. The van der Waals surface area contributed by atoms with Gasteiger partial charge in [-0.05, 0) is 15.9 Å². The lowest BCUT2D eigenvalue weighted by molar-refractivity contribution is -0.107. The molecule has 0 aliphatic carbocycles. The molecule has 0 N–H and O–H groups in total. The molecule has 2 heterocycles. The van der Waals surface area contributed by atoms with E-state index in [4.69, 9.17) is 4.74 Å². The highest BCUT2D eigenvalue weighted by Gasteiger charge is 2.23. The molecular weight excluding hydrogens is 238 g/mol. The minimum absolute atomic E-state index is 0.233. The van der Waals surface area contributed by atoms with Gasteiger partial charge in [0.05, 0.1) is 19.6 Å². The second kappa shape index (κ2) is 3.55. The molecule has 2 rings (SSSR count). The highest BCUT2D eigenvalue weighted by Crippen LogP contribution is 2.18. The Kier molecular flexibility index (Phi) is 2.41. The summed E-state index contributed by atoms with van der Waals surface area (Å²) in [4.78, 5) is 11.9. The Morgan fingerprint density at radius 1 is 1.62 bits per heavy atom. The minimum atomic E-state index is 0.233. The summed E-state index contributed by atoms with van der Waals surface area (Å²) in [7, 11) is 0. The fourth-order valence-electron chi connectivity index (χ4n) is 1.06. The van der Waals surface area contributed by atoms with E-state index in [1.165, 1.54) is 0 Å². The molecule has 0 bridgehead atoms. The van der Waals surface area contributed by atoms with Crippen LogP contribution in [0.3, 0.4) is 0 Å². The molecule has 5 nitrogen and oxygen atoms in total. The summed E-state index contributed by atoms with van der Waals surface area (Å²) in [6.45, 7) is 1.31. The molecular formula is C7H8BrN3O2. The lowest BCUT2D eigenvalue weighted by Crippen LogP contribution is -2.32. The quantitative estimate of drug-likeness (QED) is 0.722. The van der Waals surface area contributed by atoms with Gasteiger partial charge in [-0.3, -0.25) is 0 Å². The van der Waals surface area contributed by atoms with Gasteiger partial charge in [-0.25, -0.2) is 0 Å². The molecule has 6 heteroatoms. The Hall–Kier alpha value is -0.750. The average Bonchev–Trinajstić information content (AvgIpc) is 2.30. The van der Waals surface area contributed by atoms with Crippen LogP contribution in [0.25, 0.3) is 0 Å². The number of carbonyl (C=O) groups is 1. The first-order valence-corrected chi connectivity index (χ1v) is 4.73. The zero-order chi connectivity index (χ0) is 9.26. The molecule has 0 saturated carbocycles. The van der Waals surface area contributed by atoms with Gasteiger partial charge in [-0.1, -0.05) is 0 Å². The smallest absolute Gasteiger partial charge is 0.152 e. The van der Waals surface area contributed by atoms with E-state index in [0.717, 1.165) is 6.29 Å². The molecule has 13 heavy (non-hydrogen) atoms. The van der Waals surface area contributed by atoms with Crippen molar-refractivity contribution in [3.63, 3.8) is 0 Å². The van der Waals surface area contributed by atoms with Crippen molar-refractivity contribution in [2.24, 2.45) is 0 Å². The number of hydrogen-bond donors (Lipinski definition) is 0. The van der Waals surface area contributed by atoms with E-state index in [1.807, 2.05) is 0 Å². The number of aromatic nitrogens is 3. The summed E-state index contributed by atoms with van der Waals surface area (Å²) in [5.41, 5.74) is 0.682. The van der Waals surface area contributed by atoms with Crippen LogP contribution >= 0.6 is 15.9 Å². The lowest BCUT2D eigenvalue weighted by Gasteiger charge is -2.24. The summed E-state index contributed by atoms with van der Waals surface area (Å²) in [6, 6.07) is 0.233. The van der Waals surface area contributed by atoms with Crippen LogP contribution in [0.4, 0.5) is 0 Å². The van der Waals surface area contributed by atoms with Crippen molar-refractivity contribution in [1.29, 1.82) is 0 Å². The van der Waals surface area contributed by atoms with Gasteiger partial charge in [0.15, 0.2) is 4.60 Å². The van der Waals surface area contributed by atoms with Crippen LogP contribution in [0.15, 0.2) is 4.60 Å². The molecule has 0 atom stereocenters. The normalized spacial score (nSPS) is 17.0. The molecule has 0 unspecified atom stereocenters. The summed E-state index contributed by atoms with van der Waals surface area (Å²) >= 11 is 3.25. The first kappa shape index (κ1) is 8.83. The Bertz CT molecular complexity index is 322. The van der Waals surface area contributed by atoms with Crippen molar-refractivity contribution >= 4 is 22.2 Å². The van der Waals surface area contributed by atoms with E-state index < -0.39 is 0 Å². The van der Waals surface area contributed by atoms with E-state index >= 15 is 0 Å². The van der Waals surface area contributed by atoms with E-state index in [-0.39, 0.29) is 6.04 Å². The van der Waals surface area contributed by atoms with Crippen LogP contribution in [-0.4, -0.2) is 34.5 Å². The van der Waals surface area contributed by atoms with Gasteiger partial charge in [-0.2, -0.15) is 9.90 Å². The molecule has 1 aliphatic rings. The number of ether oxygens (including phenoxy) is 1. The molecule has 1 saturated heterocycles. The number of nitrogens with zero attached hydrogens (tertiary/aromatic N) is 3. The highest BCUT2D eigenvalue weighted by atomic mass is 79.9. The Morgan fingerprint density at radius 2 is 2.38 bits per heavy atom. The summed E-state index contributed by atoms with van der Waals surface area (Å²) in [5.74, 6) is 0. The third-order valence-electron chi connectivity index (χ3n) is 1.88. The molecule has 0 aromatic carbocycles.